The molecule has 1 saturated heterocycles. The summed E-state index contributed by atoms with van der Waals surface area (Å²) in [6.07, 6.45) is 6.44. The van der Waals surface area contributed by atoms with Gasteiger partial charge in [-0.05, 0) is 52.1 Å². The Morgan fingerprint density at radius 1 is 1.33 bits per heavy atom. The minimum Gasteiger partial charge on any atom is -0.311 e. The van der Waals surface area contributed by atoms with Gasteiger partial charge in [-0.3, -0.25) is 4.40 Å². The van der Waals surface area contributed by atoms with Crippen molar-refractivity contribution in [2.24, 2.45) is 5.92 Å². The van der Waals surface area contributed by atoms with Crippen molar-refractivity contribution in [3.05, 3.63) is 22.5 Å². The quantitative estimate of drug-likeness (QED) is 0.921. The fourth-order valence-corrected chi connectivity index (χ4v) is 4.41. The number of fused-ring (bicyclic) bond motifs is 1. The van der Waals surface area contributed by atoms with E-state index in [0.717, 1.165) is 30.0 Å². The van der Waals surface area contributed by atoms with Crippen molar-refractivity contribution in [1.82, 2.24) is 19.6 Å². The van der Waals surface area contributed by atoms with Crippen LogP contribution < -0.4 is 5.32 Å². The molecule has 0 amide bonds. The zero-order chi connectivity index (χ0) is 14.4. The van der Waals surface area contributed by atoms with E-state index in [-0.39, 0.29) is 0 Å². The molecule has 2 aromatic heterocycles. The molecular weight excluding hydrogens is 280 g/mol. The van der Waals surface area contributed by atoms with Crippen LogP contribution in [0.25, 0.3) is 4.96 Å². The molecule has 0 spiro atoms. The van der Waals surface area contributed by atoms with E-state index in [2.05, 4.69) is 39.6 Å². The average Bonchev–Trinajstić information content (AvgIpc) is 2.99. The highest BCUT2D eigenvalue weighted by atomic mass is 32.1. The van der Waals surface area contributed by atoms with E-state index in [9.17, 15) is 0 Å². The van der Waals surface area contributed by atoms with E-state index in [4.69, 9.17) is 0 Å². The van der Waals surface area contributed by atoms with Gasteiger partial charge in [0.25, 0.3) is 0 Å². The third-order valence-electron chi connectivity index (χ3n) is 4.85. The number of aromatic nitrogens is 2. The predicted octanol–water partition coefficient (Wildman–Crippen LogP) is 2.59. The van der Waals surface area contributed by atoms with Gasteiger partial charge in [0, 0.05) is 30.2 Å². The molecule has 2 fully saturated rings. The first-order valence-electron chi connectivity index (χ1n) is 8.09. The van der Waals surface area contributed by atoms with Crippen molar-refractivity contribution in [3.8, 4) is 0 Å². The van der Waals surface area contributed by atoms with Crippen LogP contribution in [0.5, 0.6) is 0 Å². The fraction of sp³-hybridized carbons (Fsp3) is 0.688. The second kappa shape index (κ2) is 5.38. The highest BCUT2D eigenvalue weighted by Gasteiger charge is 2.34. The third kappa shape index (κ3) is 2.74. The first-order valence-corrected chi connectivity index (χ1v) is 8.91. The third-order valence-corrected chi connectivity index (χ3v) is 5.74. The normalized spacial score (nSPS) is 23.4. The Morgan fingerprint density at radius 3 is 3.00 bits per heavy atom. The minimum atomic E-state index is 0.832. The number of nitrogens with one attached hydrogen (secondary N) is 1. The topological polar surface area (TPSA) is 32.6 Å². The number of thiazole rings is 1. The molecule has 1 N–H and O–H groups in total. The molecule has 1 aliphatic heterocycles. The van der Waals surface area contributed by atoms with Crippen LogP contribution in [-0.4, -0.2) is 40.0 Å². The lowest BCUT2D eigenvalue weighted by molar-refractivity contribution is 0.311. The molecule has 114 valence electrons. The van der Waals surface area contributed by atoms with Gasteiger partial charge in [-0.15, -0.1) is 11.3 Å². The average molecular weight is 304 g/mol. The summed E-state index contributed by atoms with van der Waals surface area (Å²) in [5.74, 6) is 0.832. The fourth-order valence-electron chi connectivity index (χ4n) is 3.52. The number of likely N-dealkylation sites (tertiary alicyclic amines) is 1. The Labute approximate surface area is 130 Å². The Morgan fingerprint density at radius 2 is 2.19 bits per heavy atom. The van der Waals surface area contributed by atoms with Crippen molar-refractivity contribution in [3.63, 3.8) is 0 Å². The van der Waals surface area contributed by atoms with Gasteiger partial charge in [0.05, 0.1) is 11.4 Å². The van der Waals surface area contributed by atoms with Gasteiger partial charge in [-0.2, -0.15) is 0 Å². The first kappa shape index (κ1) is 13.7. The molecule has 2 aliphatic rings. The number of imidazole rings is 1. The standard InChI is InChI=1S/C16H24N4S/c1-11-9-20-15(12(2)18-16(20)21-11)8-17-7-13-5-6-19(10-13)14-3-4-14/h9,13-14,17H,3-8,10H2,1-2H3/t13-/m1/s1. The van der Waals surface area contributed by atoms with Crippen molar-refractivity contribution in [2.45, 2.75) is 45.7 Å². The SMILES string of the molecule is Cc1cn2c(CNC[C@H]3CCN(C4CC4)C3)c(C)nc2s1. The summed E-state index contributed by atoms with van der Waals surface area (Å²) in [6, 6.07) is 0.931. The summed E-state index contributed by atoms with van der Waals surface area (Å²) >= 11 is 1.77. The number of hydrogen-bond acceptors (Lipinski definition) is 4. The molecule has 1 saturated carbocycles. The molecule has 5 heteroatoms. The lowest BCUT2D eigenvalue weighted by Gasteiger charge is -2.15. The summed E-state index contributed by atoms with van der Waals surface area (Å²) in [4.78, 5) is 9.81. The second-order valence-corrected chi connectivity index (χ2v) is 7.86. The Balaban J connectivity index is 1.34. The van der Waals surface area contributed by atoms with Crippen molar-refractivity contribution < 1.29 is 0 Å². The molecule has 21 heavy (non-hydrogen) atoms. The van der Waals surface area contributed by atoms with E-state index in [1.165, 1.54) is 48.6 Å². The van der Waals surface area contributed by atoms with Gasteiger partial charge in [-0.1, -0.05) is 0 Å². The Hall–Kier alpha value is -0.910. The van der Waals surface area contributed by atoms with Crippen LogP contribution in [0.15, 0.2) is 6.20 Å². The van der Waals surface area contributed by atoms with Gasteiger partial charge in [0.2, 0.25) is 0 Å². The second-order valence-electron chi connectivity index (χ2n) is 6.65. The van der Waals surface area contributed by atoms with Gasteiger partial charge >= 0.3 is 0 Å². The molecule has 2 aromatic rings. The summed E-state index contributed by atoms with van der Waals surface area (Å²) in [5, 5.41) is 3.67. The van der Waals surface area contributed by atoms with Crippen LogP contribution in [0.1, 0.15) is 35.5 Å². The Kier molecular flexibility index (Phi) is 3.52. The van der Waals surface area contributed by atoms with Crippen LogP contribution in [0.2, 0.25) is 0 Å². The maximum absolute atomic E-state index is 4.66. The zero-order valence-electron chi connectivity index (χ0n) is 12.9. The van der Waals surface area contributed by atoms with E-state index in [1.54, 1.807) is 11.3 Å². The van der Waals surface area contributed by atoms with Gasteiger partial charge in [0.1, 0.15) is 0 Å². The number of rotatable bonds is 5. The largest absolute Gasteiger partial charge is 0.311 e. The van der Waals surface area contributed by atoms with E-state index in [0.29, 0.717) is 0 Å². The maximum Gasteiger partial charge on any atom is 0.194 e. The number of nitrogens with zero attached hydrogens (tertiary/aromatic N) is 3. The monoisotopic (exact) mass is 304 g/mol. The molecule has 4 nitrogen and oxygen atoms in total. The lowest BCUT2D eigenvalue weighted by atomic mass is 10.1. The lowest BCUT2D eigenvalue weighted by Crippen LogP contribution is -2.27. The molecule has 1 aliphatic carbocycles. The van der Waals surface area contributed by atoms with Gasteiger partial charge in [0.15, 0.2) is 4.96 Å². The molecule has 0 aromatic carbocycles. The molecular formula is C16H24N4S. The molecule has 0 bridgehead atoms. The molecule has 3 heterocycles. The summed E-state index contributed by atoms with van der Waals surface area (Å²) in [6.45, 7) is 8.96. The smallest absolute Gasteiger partial charge is 0.194 e. The van der Waals surface area contributed by atoms with E-state index >= 15 is 0 Å². The van der Waals surface area contributed by atoms with Crippen molar-refractivity contribution >= 4 is 16.3 Å². The van der Waals surface area contributed by atoms with Gasteiger partial charge < -0.3 is 10.2 Å². The molecule has 1 atom stereocenters. The van der Waals surface area contributed by atoms with Crippen LogP contribution in [0.4, 0.5) is 0 Å². The summed E-state index contributed by atoms with van der Waals surface area (Å²) in [7, 11) is 0. The molecule has 0 radical (unpaired) electrons. The maximum atomic E-state index is 4.66. The Bertz CT molecular complexity index is 640. The molecule has 4 rings (SSSR count). The van der Waals surface area contributed by atoms with E-state index in [1.807, 2.05) is 0 Å². The van der Waals surface area contributed by atoms with Crippen molar-refractivity contribution in [2.75, 3.05) is 19.6 Å². The van der Waals surface area contributed by atoms with Crippen LogP contribution in [0, 0.1) is 19.8 Å². The van der Waals surface area contributed by atoms with Gasteiger partial charge in [-0.25, -0.2) is 4.98 Å². The minimum absolute atomic E-state index is 0.832. The highest BCUT2D eigenvalue weighted by Crippen LogP contribution is 2.31. The number of hydrogen-bond donors (Lipinski definition) is 1. The van der Waals surface area contributed by atoms with Crippen molar-refractivity contribution in [1.29, 1.82) is 0 Å². The molecule has 0 unspecified atom stereocenters. The van der Waals surface area contributed by atoms with Crippen LogP contribution in [0.3, 0.4) is 0 Å². The number of aryl methyl sites for hydroxylation is 2. The highest BCUT2D eigenvalue weighted by molar-refractivity contribution is 7.17. The summed E-state index contributed by atoms with van der Waals surface area (Å²) < 4.78 is 2.26. The first-order chi connectivity index (χ1) is 10.2. The summed E-state index contributed by atoms with van der Waals surface area (Å²) in [5.41, 5.74) is 2.49. The zero-order valence-corrected chi connectivity index (χ0v) is 13.7. The van der Waals surface area contributed by atoms with E-state index < -0.39 is 0 Å². The van der Waals surface area contributed by atoms with Crippen LogP contribution >= 0.6 is 11.3 Å². The van der Waals surface area contributed by atoms with Crippen LogP contribution in [-0.2, 0) is 6.54 Å². The predicted molar refractivity (Wildman–Crippen MR) is 87.0 cm³/mol.